The van der Waals surface area contributed by atoms with Crippen molar-refractivity contribution in [1.29, 1.82) is 0 Å². The standard InChI is InChI=1S/C24H30N4O3S3/c1-16-14-28(15-17(2)31-16)10-9-19-13-25-24(33-19)20-12-18-6-4-7-21(23(18)26-20)27(3)34(29,30)22-8-5-11-32-22/h4-8,11-12,16-17,19,26H,9-10,13-15H2,1-3H3. The topological polar surface area (TPSA) is 78.0 Å². The molecule has 1 aromatic carbocycles. The molecule has 3 unspecified atom stereocenters. The zero-order valence-electron chi connectivity index (χ0n) is 19.6. The molecule has 1 fully saturated rings. The fourth-order valence-corrected chi connectivity index (χ4v) is 8.14. The van der Waals surface area contributed by atoms with Gasteiger partial charge in [-0.1, -0.05) is 30.0 Å². The van der Waals surface area contributed by atoms with Crippen LogP contribution in [-0.2, 0) is 14.8 Å². The van der Waals surface area contributed by atoms with Crippen LogP contribution >= 0.6 is 23.1 Å². The third kappa shape index (κ3) is 4.79. The number of aliphatic imine (C=N–C) groups is 1. The van der Waals surface area contributed by atoms with Crippen molar-refractivity contribution in [3.05, 3.63) is 47.5 Å². The summed E-state index contributed by atoms with van der Waals surface area (Å²) >= 11 is 3.04. The monoisotopic (exact) mass is 518 g/mol. The number of ether oxygens (including phenoxy) is 1. The van der Waals surface area contributed by atoms with E-state index in [2.05, 4.69) is 29.8 Å². The number of sulfonamides is 1. The molecule has 182 valence electrons. The number of para-hydroxylation sites is 1. The molecule has 2 aromatic heterocycles. The summed E-state index contributed by atoms with van der Waals surface area (Å²) in [4.78, 5) is 10.8. The van der Waals surface area contributed by atoms with Crippen LogP contribution in [0, 0.1) is 0 Å². The summed E-state index contributed by atoms with van der Waals surface area (Å²) in [6.07, 6.45) is 1.66. The molecule has 3 aromatic rings. The summed E-state index contributed by atoms with van der Waals surface area (Å²) in [6.45, 7) is 8.12. The second-order valence-corrected chi connectivity index (χ2v) is 13.5. The Balaban J connectivity index is 1.29. The van der Waals surface area contributed by atoms with Gasteiger partial charge in [-0.2, -0.15) is 0 Å². The number of H-pyrrole nitrogens is 1. The van der Waals surface area contributed by atoms with Gasteiger partial charge in [0.15, 0.2) is 0 Å². The van der Waals surface area contributed by atoms with Gasteiger partial charge in [0, 0.05) is 30.8 Å². The van der Waals surface area contributed by atoms with Gasteiger partial charge in [0.1, 0.15) is 9.25 Å². The highest BCUT2D eigenvalue weighted by Gasteiger charge is 2.27. The molecule has 7 nitrogen and oxygen atoms in total. The Bertz CT molecular complexity index is 1280. The predicted molar refractivity (Wildman–Crippen MR) is 142 cm³/mol. The molecule has 3 atom stereocenters. The van der Waals surface area contributed by atoms with Crippen molar-refractivity contribution in [2.24, 2.45) is 4.99 Å². The first-order valence-corrected chi connectivity index (χ1v) is 14.7. The van der Waals surface area contributed by atoms with E-state index in [9.17, 15) is 8.42 Å². The van der Waals surface area contributed by atoms with E-state index >= 15 is 0 Å². The zero-order valence-corrected chi connectivity index (χ0v) is 22.0. The minimum absolute atomic E-state index is 0.286. The van der Waals surface area contributed by atoms with Crippen molar-refractivity contribution in [1.82, 2.24) is 9.88 Å². The Morgan fingerprint density at radius 3 is 2.74 bits per heavy atom. The Labute approximate surface area is 209 Å². The van der Waals surface area contributed by atoms with Crippen LogP contribution in [0.3, 0.4) is 0 Å². The largest absolute Gasteiger partial charge is 0.373 e. The average Bonchev–Trinajstić information content (AvgIpc) is 3.56. The number of fused-ring (bicyclic) bond motifs is 1. The highest BCUT2D eigenvalue weighted by Crippen LogP contribution is 2.34. The third-order valence-electron chi connectivity index (χ3n) is 6.29. The molecule has 0 aliphatic carbocycles. The number of anilines is 1. The van der Waals surface area contributed by atoms with Gasteiger partial charge in [0.05, 0.1) is 35.7 Å². The van der Waals surface area contributed by atoms with Gasteiger partial charge in [0.2, 0.25) is 0 Å². The average molecular weight is 519 g/mol. The van der Waals surface area contributed by atoms with Gasteiger partial charge in [-0.05, 0) is 50.4 Å². The molecule has 0 bridgehead atoms. The van der Waals surface area contributed by atoms with E-state index in [0.717, 1.165) is 54.2 Å². The summed E-state index contributed by atoms with van der Waals surface area (Å²) in [5.74, 6) is 0. The van der Waals surface area contributed by atoms with Crippen molar-refractivity contribution >= 4 is 54.8 Å². The number of aromatic amines is 1. The number of hydrogen-bond donors (Lipinski definition) is 1. The van der Waals surface area contributed by atoms with Crippen LogP contribution in [0.1, 0.15) is 26.0 Å². The number of thioether (sulfide) groups is 1. The number of benzene rings is 1. The first kappa shape index (κ1) is 23.9. The van der Waals surface area contributed by atoms with E-state index in [1.165, 1.54) is 15.6 Å². The van der Waals surface area contributed by atoms with Crippen LogP contribution < -0.4 is 4.31 Å². The fraction of sp³-hybridized carbons (Fsp3) is 0.458. The molecule has 1 saturated heterocycles. The molecule has 0 spiro atoms. The van der Waals surface area contributed by atoms with Gasteiger partial charge < -0.3 is 9.72 Å². The van der Waals surface area contributed by atoms with Crippen molar-refractivity contribution in [2.75, 3.05) is 37.5 Å². The van der Waals surface area contributed by atoms with Gasteiger partial charge in [0.25, 0.3) is 10.0 Å². The Morgan fingerprint density at radius 1 is 1.21 bits per heavy atom. The Morgan fingerprint density at radius 2 is 2.00 bits per heavy atom. The van der Waals surface area contributed by atoms with Gasteiger partial charge in [-0.3, -0.25) is 14.2 Å². The zero-order chi connectivity index (χ0) is 23.9. The van der Waals surface area contributed by atoms with Crippen molar-refractivity contribution < 1.29 is 13.2 Å². The van der Waals surface area contributed by atoms with Gasteiger partial charge in [-0.25, -0.2) is 8.42 Å². The number of nitrogens with zero attached hydrogens (tertiary/aromatic N) is 3. The molecular formula is C24H30N4O3S3. The van der Waals surface area contributed by atoms with Crippen LogP contribution in [0.2, 0.25) is 0 Å². The lowest BCUT2D eigenvalue weighted by Crippen LogP contribution is -2.46. The van der Waals surface area contributed by atoms with Gasteiger partial charge in [-0.15, -0.1) is 11.3 Å². The van der Waals surface area contributed by atoms with Crippen LogP contribution in [0.25, 0.3) is 10.9 Å². The summed E-state index contributed by atoms with van der Waals surface area (Å²) < 4.78 is 33.7. The van der Waals surface area contributed by atoms with Gasteiger partial charge >= 0.3 is 0 Å². The fourth-order valence-electron chi connectivity index (χ4n) is 4.70. The SMILES string of the molecule is CC1CN(CCC2CN=C(c3cc4cccc(N(C)S(=O)(=O)c5cccs5)c4[nH]3)S2)CC(C)O1. The molecule has 2 aliphatic rings. The normalized spacial score (nSPS) is 24.0. The van der Waals surface area contributed by atoms with E-state index < -0.39 is 10.0 Å². The highest BCUT2D eigenvalue weighted by molar-refractivity contribution is 8.15. The Kier molecular flexibility index (Phi) is 6.78. The number of morpholine rings is 1. The van der Waals surface area contributed by atoms with Crippen LogP contribution in [0.4, 0.5) is 5.69 Å². The van der Waals surface area contributed by atoms with Crippen molar-refractivity contribution in [3.63, 3.8) is 0 Å². The maximum atomic E-state index is 13.1. The minimum Gasteiger partial charge on any atom is -0.373 e. The summed E-state index contributed by atoms with van der Waals surface area (Å²) in [6, 6.07) is 11.2. The summed E-state index contributed by atoms with van der Waals surface area (Å²) in [5, 5.41) is 4.21. The number of rotatable bonds is 7. The highest BCUT2D eigenvalue weighted by atomic mass is 32.2. The molecule has 0 amide bonds. The van der Waals surface area contributed by atoms with Crippen molar-refractivity contribution in [3.8, 4) is 0 Å². The smallest absolute Gasteiger partial charge is 0.273 e. The van der Waals surface area contributed by atoms with Crippen LogP contribution in [0.15, 0.2) is 51.0 Å². The summed E-state index contributed by atoms with van der Waals surface area (Å²) in [7, 11) is -2.00. The Hall–Kier alpha value is -1.85. The van der Waals surface area contributed by atoms with E-state index in [0.29, 0.717) is 15.1 Å². The van der Waals surface area contributed by atoms with Crippen LogP contribution in [-0.4, -0.2) is 74.0 Å². The molecule has 10 heteroatoms. The predicted octanol–water partition coefficient (Wildman–Crippen LogP) is 4.42. The first-order valence-electron chi connectivity index (χ1n) is 11.5. The lowest BCUT2D eigenvalue weighted by Gasteiger charge is -2.35. The maximum absolute atomic E-state index is 13.1. The first-order chi connectivity index (χ1) is 16.3. The quantitative estimate of drug-likeness (QED) is 0.501. The number of thiophene rings is 1. The molecule has 0 saturated carbocycles. The lowest BCUT2D eigenvalue weighted by molar-refractivity contribution is -0.0680. The maximum Gasteiger partial charge on any atom is 0.273 e. The molecular weight excluding hydrogens is 488 g/mol. The summed E-state index contributed by atoms with van der Waals surface area (Å²) in [5.41, 5.74) is 2.39. The number of hydrogen-bond acceptors (Lipinski definition) is 7. The third-order valence-corrected chi connectivity index (χ3v) is 10.7. The van der Waals surface area contributed by atoms with E-state index in [4.69, 9.17) is 9.73 Å². The lowest BCUT2D eigenvalue weighted by atomic mass is 10.2. The number of aromatic nitrogens is 1. The van der Waals surface area contributed by atoms with E-state index in [1.807, 2.05) is 30.0 Å². The van der Waals surface area contributed by atoms with E-state index in [-0.39, 0.29) is 12.2 Å². The number of nitrogens with one attached hydrogen (secondary N) is 1. The molecule has 1 N–H and O–H groups in total. The second-order valence-electron chi connectivity index (χ2n) is 9.02. The second kappa shape index (κ2) is 9.66. The molecule has 34 heavy (non-hydrogen) atoms. The molecule has 0 radical (unpaired) electrons. The van der Waals surface area contributed by atoms with Crippen molar-refractivity contribution in [2.45, 2.75) is 41.9 Å². The van der Waals surface area contributed by atoms with Crippen LogP contribution in [0.5, 0.6) is 0 Å². The van der Waals surface area contributed by atoms with E-state index in [1.54, 1.807) is 24.6 Å². The molecule has 4 heterocycles. The molecule has 2 aliphatic heterocycles. The molecule has 5 rings (SSSR count). The minimum atomic E-state index is -3.60.